The molecule has 1 saturated heterocycles. The molecule has 0 bridgehead atoms. The van der Waals surface area contributed by atoms with Gasteiger partial charge in [0.1, 0.15) is 17.9 Å². The SMILES string of the molecule is C=CC(=O)N1CCN(c2nc(=O)n(-c3c(CC)cc(CNC)cc3CC)c3c4c(c(Cl)cc23)-c2c(ccc(F)c2F)CO4)[C@@H](C)C1. The number of benzene rings is 3. The number of ether oxygens (including phenoxy) is 1. The third kappa shape index (κ3) is 5.13. The Morgan fingerprint density at radius 2 is 1.87 bits per heavy atom. The maximum Gasteiger partial charge on any atom is 0.354 e. The second-order valence-electron chi connectivity index (χ2n) is 11.7. The summed E-state index contributed by atoms with van der Waals surface area (Å²) in [5.74, 6) is -1.62. The summed E-state index contributed by atoms with van der Waals surface area (Å²) in [5, 5.41) is 3.87. The van der Waals surface area contributed by atoms with Crippen LogP contribution in [0.2, 0.25) is 5.02 Å². The molecule has 6 rings (SSSR count). The van der Waals surface area contributed by atoms with Gasteiger partial charge in [0.05, 0.1) is 10.7 Å². The summed E-state index contributed by atoms with van der Waals surface area (Å²) in [4.78, 5) is 35.2. The van der Waals surface area contributed by atoms with Crippen LogP contribution in [0.5, 0.6) is 5.75 Å². The van der Waals surface area contributed by atoms with Gasteiger partial charge in [-0.2, -0.15) is 4.98 Å². The van der Waals surface area contributed by atoms with Gasteiger partial charge in [0, 0.05) is 54.3 Å². The average Bonchev–Trinajstić information content (AvgIpc) is 3.05. The zero-order valence-corrected chi connectivity index (χ0v) is 27.1. The second kappa shape index (κ2) is 12.5. The molecule has 1 fully saturated rings. The molecule has 0 saturated carbocycles. The number of carbonyl (C=O) groups is 1. The number of nitrogens with one attached hydrogen (secondary N) is 1. The Morgan fingerprint density at radius 3 is 2.50 bits per heavy atom. The molecule has 0 spiro atoms. The van der Waals surface area contributed by atoms with Gasteiger partial charge in [0.25, 0.3) is 0 Å². The lowest BCUT2D eigenvalue weighted by Crippen LogP contribution is -2.54. The van der Waals surface area contributed by atoms with Crippen LogP contribution in [-0.4, -0.2) is 53.1 Å². The molecule has 2 aliphatic heterocycles. The van der Waals surface area contributed by atoms with Crippen molar-refractivity contribution in [1.29, 1.82) is 0 Å². The van der Waals surface area contributed by atoms with Gasteiger partial charge in [-0.25, -0.2) is 13.6 Å². The van der Waals surface area contributed by atoms with E-state index in [-0.39, 0.29) is 40.5 Å². The van der Waals surface area contributed by atoms with Gasteiger partial charge in [-0.15, -0.1) is 0 Å². The second-order valence-corrected chi connectivity index (χ2v) is 12.1. The lowest BCUT2D eigenvalue weighted by atomic mass is 9.93. The number of halogens is 3. The predicted molar refractivity (Wildman–Crippen MR) is 177 cm³/mol. The summed E-state index contributed by atoms with van der Waals surface area (Å²) >= 11 is 6.94. The summed E-state index contributed by atoms with van der Waals surface area (Å²) in [7, 11) is 1.88. The smallest absolute Gasteiger partial charge is 0.354 e. The molecule has 0 radical (unpaired) electrons. The molecule has 3 aromatic carbocycles. The molecule has 3 heterocycles. The molecule has 11 heteroatoms. The fraction of sp³-hybridized carbons (Fsp3) is 0.343. The van der Waals surface area contributed by atoms with Gasteiger partial charge in [-0.3, -0.25) is 9.36 Å². The first-order chi connectivity index (χ1) is 22.1. The molecule has 240 valence electrons. The van der Waals surface area contributed by atoms with Gasteiger partial charge < -0.3 is 19.9 Å². The summed E-state index contributed by atoms with van der Waals surface area (Å²) < 4.78 is 38.1. The third-order valence-corrected chi connectivity index (χ3v) is 9.25. The number of fused-ring (bicyclic) bond motifs is 5. The van der Waals surface area contributed by atoms with E-state index in [9.17, 15) is 14.0 Å². The first-order valence-electron chi connectivity index (χ1n) is 15.5. The number of nitrogens with zero attached hydrogens (tertiary/aromatic N) is 4. The fourth-order valence-electron chi connectivity index (χ4n) is 6.80. The van der Waals surface area contributed by atoms with E-state index in [2.05, 4.69) is 29.0 Å². The van der Waals surface area contributed by atoms with E-state index < -0.39 is 17.3 Å². The molecule has 0 aliphatic carbocycles. The number of hydrogen-bond donors (Lipinski definition) is 1. The first-order valence-corrected chi connectivity index (χ1v) is 15.9. The summed E-state index contributed by atoms with van der Waals surface area (Å²) in [6.07, 6.45) is 2.55. The van der Waals surface area contributed by atoms with Crippen LogP contribution in [0.4, 0.5) is 14.6 Å². The highest BCUT2D eigenvalue weighted by Crippen LogP contribution is 2.49. The van der Waals surface area contributed by atoms with E-state index in [1.165, 1.54) is 12.1 Å². The molecule has 1 atom stereocenters. The minimum absolute atomic E-state index is 0.0197. The molecule has 2 aliphatic rings. The number of rotatable bonds is 7. The van der Waals surface area contributed by atoms with E-state index in [1.54, 1.807) is 15.5 Å². The largest absolute Gasteiger partial charge is 0.486 e. The van der Waals surface area contributed by atoms with Crippen LogP contribution in [-0.2, 0) is 30.8 Å². The van der Waals surface area contributed by atoms with Crippen LogP contribution in [0, 0.1) is 11.6 Å². The van der Waals surface area contributed by atoms with Gasteiger partial charge in [-0.1, -0.05) is 50.2 Å². The molecule has 1 aromatic heterocycles. The number of anilines is 1. The average molecular weight is 648 g/mol. The Labute approximate surface area is 271 Å². The Kier molecular flexibility index (Phi) is 8.60. The maximum absolute atomic E-state index is 15.5. The Morgan fingerprint density at radius 1 is 1.15 bits per heavy atom. The van der Waals surface area contributed by atoms with Gasteiger partial charge in [0.2, 0.25) is 5.91 Å². The van der Waals surface area contributed by atoms with Gasteiger partial charge >= 0.3 is 5.69 Å². The van der Waals surface area contributed by atoms with Crippen molar-refractivity contribution >= 4 is 34.2 Å². The van der Waals surface area contributed by atoms with Crippen molar-refractivity contribution in [2.45, 2.75) is 52.8 Å². The molecule has 46 heavy (non-hydrogen) atoms. The van der Waals surface area contributed by atoms with Crippen molar-refractivity contribution < 1.29 is 18.3 Å². The van der Waals surface area contributed by atoms with E-state index >= 15 is 4.39 Å². The summed E-state index contributed by atoms with van der Waals surface area (Å²) in [5.41, 5.74) is 4.14. The van der Waals surface area contributed by atoms with Crippen LogP contribution in [0.15, 0.2) is 47.8 Å². The quantitative estimate of drug-likeness (QED) is 0.250. The maximum atomic E-state index is 15.5. The van der Waals surface area contributed by atoms with E-state index in [0.717, 1.165) is 22.8 Å². The van der Waals surface area contributed by atoms with Crippen LogP contribution in [0.1, 0.15) is 43.0 Å². The predicted octanol–water partition coefficient (Wildman–Crippen LogP) is 5.94. The lowest BCUT2D eigenvalue weighted by Gasteiger charge is -2.40. The van der Waals surface area contributed by atoms with Crippen molar-refractivity contribution in [2.24, 2.45) is 0 Å². The van der Waals surface area contributed by atoms with Crippen molar-refractivity contribution in [3.05, 3.63) is 92.4 Å². The van der Waals surface area contributed by atoms with Crippen molar-refractivity contribution in [3.63, 3.8) is 0 Å². The number of aryl methyl sites for hydroxylation is 2. The summed E-state index contributed by atoms with van der Waals surface area (Å²) in [6.45, 7) is 11.4. The fourth-order valence-corrected chi connectivity index (χ4v) is 7.09. The topological polar surface area (TPSA) is 79.7 Å². The van der Waals surface area contributed by atoms with E-state index in [1.807, 2.05) is 32.7 Å². The Bertz CT molecular complexity index is 1930. The van der Waals surface area contributed by atoms with Crippen LogP contribution >= 0.6 is 11.6 Å². The molecule has 0 unspecified atom stereocenters. The van der Waals surface area contributed by atoms with Gasteiger partial charge in [-0.05, 0) is 61.7 Å². The number of piperazine rings is 1. The van der Waals surface area contributed by atoms with Crippen molar-refractivity contribution in [2.75, 3.05) is 31.6 Å². The lowest BCUT2D eigenvalue weighted by molar-refractivity contribution is -0.126. The normalized spacial score (nSPS) is 15.8. The van der Waals surface area contributed by atoms with Crippen LogP contribution in [0.25, 0.3) is 27.7 Å². The highest BCUT2D eigenvalue weighted by Gasteiger charge is 2.34. The first kappa shape index (κ1) is 31.7. The van der Waals surface area contributed by atoms with Crippen molar-refractivity contribution in [1.82, 2.24) is 19.8 Å². The third-order valence-electron chi connectivity index (χ3n) is 8.95. The Balaban J connectivity index is 1.71. The molecule has 8 nitrogen and oxygen atoms in total. The van der Waals surface area contributed by atoms with E-state index in [4.69, 9.17) is 16.3 Å². The summed E-state index contributed by atoms with van der Waals surface area (Å²) in [6, 6.07) is 8.16. The number of aromatic nitrogens is 2. The minimum atomic E-state index is -1.02. The van der Waals surface area contributed by atoms with Crippen molar-refractivity contribution in [3.8, 4) is 22.6 Å². The number of hydrogen-bond acceptors (Lipinski definition) is 6. The standard InChI is InChI=1S/C35H36ClF2N5O3/c1-6-21-13-20(16-39-5)14-22(7-2)31(21)43-32-24(34(40-35(43)45)42-12-11-41(17-19(42)4)27(44)8-3)15-25(36)29-28-23(18-46-33(29)32)9-10-26(37)30(28)38/h8-10,13-15,19,39H,3,6-7,11-12,16-18H2,1-2,4-5H3/t19-/m0/s1. The molecular formula is C35H36ClF2N5O3. The highest BCUT2D eigenvalue weighted by molar-refractivity contribution is 6.35. The number of amides is 1. The van der Waals surface area contributed by atoms with Crippen LogP contribution < -0.4 is 20.6 Å². The zero-order valence-electron chi connectivity index (χ0n) is 26.3. The minimum Gasteiger partial charge on any atom is -0.486 e. The monoisotopic (exact) mass is 647 g/mol. The van der Waals surface area contributed by atoms with E-state index in [0.29, 0.717) is 67.0 Å². The number of carbonyl (C=O) groups excluding carboxylic acids is 1. The van der Waals surface area contributed by atoms with Gasteiger partial charge in [0.15, 0.2) is 17.4 Å². The molecule has 4 aromatic rings. The highest BCUT2D eigenvalue weighted by atomic mass is 35.5. The molecule has 1 amide bonds. The Hall–Kier alpha value is -4.28. The van der Waals surface area contributed by atoms with Crippen LogP contribution in [0.3, 0.4) is 0 Å². The zero-order chi connectivity index (χ0) is 32.9. The molecular weight excluding hydrogens is 612 g/mol. The molecule has 1 N–H and O–H groups in total.